The van der Waals surface area contributed by atoms with Crippen LogP contribution in [-0.2, 0) is 0 Å². The summed E-state index contributed by atoms with van der Waals surface area (Å²) in [6, 6.07) is 4.84. The lowest BCUT2D eigenvalue weighted by molar-refractivity contribution is -0.384. The topological polar surface area (TPSA) is 55.2 Å². The standard InChI is InChI=1S/C13H17ClN2O2/c1-9(2)11(8-15-3)6-10-4-5-12(14)13(7-10)16(17)18/h4-7,9,15H,8H2,1-3H3. The molecule has 0 aliphatic heterocycles. The molecule has 98 valence electrons. The molecule has 0 saturated heterocycles. The third-order valence-electron chi connectivity index (χ3n) is 2.64. The highest BCUT2D eigenvalue weighted by Crippen LogP contribution is 2.26. The fourth-order valence-corrected chi connectivity index (χ4v) is 1.79. The maximum atomic E-state index is 10.8. The first kappa shape index (κ1) is 14.7. The molecule has 4 nitrogen and oxygen atoms in total. The van der Waals surface area contributed by atoms with Gasteiger partial charge in [0.05, 0.1) is 4.92 Å². The van der Waals surface area contributed by atoms with Gasteiger partial charge in [-0.25, -0.2) is 0 Å². The lowest BCUT2D eigenvalue weighted by atomic mass is 10.00. The summed E-state index contributed by atoms with van der Waals surface area (Å²) in [6.07, 6.45) is 1.96. The highest BCUT2D eigenvalue weighted by molar-refractivity contribution is 6.32. The molecule has 0 amide bonds. The fourth-order valence-electron chi connectivity index (χ4n) is 1.60. The van der Waals surface area contributed by atoms with Gasteiger partial charge in [0.25, 0.3) is 5.69 Å². The van der Waals surface area contributed by atoms with E-state index in [9.17, 15) is 10.1 Å². The zero-order valence-corrected chi connectivity index (χ0v) is 11.5. The molecule has 1 rings (SSSR count). The highest BCUT2D eigenvalue weighted by Gasteiger charge is 2.12. The van der Waals surface area contributed by atoms with E-state index in [0.717, 1.165) is 12.1 Å². The Morgan fingerprint density at radius 3 is 2.72 bits per heavy atom. The van der Waals surface area contributed by atoms with Crippen LogP contribution in [0, 0.1) is 16.0 Å². The molecule has 0 heterocycles. The van der Waals surface area contributed by atoms with Crippen LogP contribution < -0.4 is 5.32 Å². The molecule has 0 aliphatic carbocycles. The Labute approximate surface area is 112 Å². The molecule has 0 fully saturated rings. The number of benzene rings is 1. The van der Waals surface area contributed by atoms with Crippen LogP contribution in [0.25, 0.3) is 6.08 Å². The summed E-state index contributed by atoms with van der Waals surface area (Å²) in [7, 11) is 1.88. The summed E-state index contributed by atoms with van der Waals surface area (Å²) < 4.78 is 0. The molecule has 5 heteroatoms. The first-order valence-electron chi connectivity index (χ1n) is 5.74. The van der Waals surface area contributed by atoms with Gasteiger partial charge in [-0.05, 0) is 24.6 Å². The number of nitro groups is 1. The van der Waals surface area contributed by atoms with Crippen molar-refractivity contribution in [1.82, 2.24) is 5.32 Å². The number of hydrogen-bond acceptors (Lipinski definition) is 3. The minimum atomic E-state index is -0.465. The summed E-state index contributed by atoms with van der Waals surface area (Å²) in [5, 5.41) is 14.1. The Balaban J connectivity index is 3.13. The SMILES string of the molecule is CNCC(=Cc1ccc(Cl)c([N+](=O)[O-])c1)C(C)C. The van der Waals surface area contributed by atoms with Crippen molar-refractivity contribution in [2.75, 3.05) is 13.6 Å². The smallest absolute Gasteiger partial charge is 0.288 e. The second-order valence-corrected chi connectivity index (χ2v) is 4.78. The van der Waals surface area contributed by atoms with Gasteiger partial charge in [-0.1, -0.05) is 43.2 Å². The van der Waals surface area contributed by atoms with Crippen LogP contribution in [-0.4, -0.2) is 18.5 Å². The normalized spacial score (nSPS) is 11.9. The number of nitrogens with one attached hydrogen (secondary N) is 1. The van der Waals surface area contributed by atoms with Gasteiger partial charge >= 0.3 is 0 Å². The van der Waals surface area contributed by atoms with Crippen molar-refractivity contribution in [3.63, 3.8) is 0 Å². The van der Waals surface area contributed by atoms with E-state index in [-0.39, 0.29) is 10.7 Å². The van der Waals surface area contributed by atoms with E-state index >= 15 is 0 Å². The number of nitro benzene ring substituents is 1. The Morgan fingerprint density at radius 1 is 1.56 bits per heavy atom. The Hall–Kier alpha value is -1.39. The largest absolute Gasteiger partial charge is 0.316 e. The van der Waals surface area contributed by atoms with Crippen molar-refractivity contribution in [3.05, 3.63) is 44.5 Å². The monoisotopic (exact) mass is 268 g/mol. The molecule has 0 atom stereocenters. The van der Waals surface area contributed by atoms with Crippen LogP contribution in [0.4, 0.5) is 5.69 Å². The molecular weight excluding hydrogens is 252 g/mol. The van der Waals surface area contributed by atoms with Crippen molar-refractivity contribution >= 4 is 23.4 Å². The van der Waals surface area contributed by atoms with Crippen molar-refractivity contribution in [2.45, 2.75) is 13.8 Å². The average Bonchev–Trinajstić information content (AvgIpc) is 2.30. The third-order valence-corrected chi connectivity index (χ3v) is 2.96. The maximum Gasteiger partial charge on any atom is 0.288 e. The molecule has 18 heavy (non-hydrogen) atoms. The van der Waals surface area contributed by atoms with Crippen LogP contribution in [0.3, 0.4) is 0 Å². The second-order valence-electron chi connectivity index (χ2n) is 4.37. The maximum absolute atomic E-state index is 10.8. The Morgan fingerprint density at radius 2 is 2.22 bits per heavy atom. The van der Waals surface area contributed by atoms with Crippen molar-refractivity contribution in [3.8, 4) is 0 Å². The van der Waals surface area contributed by atoms with Crippen molar-refractivity contribution in [1.29, 1.82) is 0 Å². The van der Waals surface area contributed by atoms with E-state index in [0.29, 0.717) is 5.92 Å². The summed E-state index contributed by atoms with van der Waals surface area (Å²) in [4.78, 5) is 10.3. The van der Waals surface area contributed by atoms with Crippen LogP contribution in [0.15, 0.2) is 23.8 Å². The van der Waals surface area contributed by atoms with Crippen LogP contribution in [0.5, 0.6) is 0 Å². The van der Waals surface area contributed by atoms with Crippen molar-refractivity contribution < 1.29 is 4.92 Å². The Kier molecular flexibility index (Phi) is 5.31. The van der Waals surface area contributed by atoms with Gasteiger partial charge in [-0.2, -0.15) is 0 Å². The molecule has 0 unspecified atom stereocenters. The Bertz CT molecular complexity index is 470. The predicted molar refractivity (Wildman–Crippen MR) is 74.8 cm³/mol. The lowest BCUT2D eigenvalue weighted by Gasteiger charge is -2.11. The van der Waals surface area contributed by atoms with Crippen molar-refractivity contribution in [2.24, 2.45) is 5.92 Å². The van der Waals surface area contributed by atoms with Crippen LogP contribution in [0.1, 0.15) is 19.4 Å². The minimum Gasteiger partial charge on any atom is -0.316 e. The summed E-state index contributed by atoms with van der Waals surface area (Å²) >= 11 is 5.78. The number of hydrogen-bond donors (Lipinski definition) is 1. The molecule has 1 N–H and O–H groups in total. The number of likely N-dealkylation sites (N-methyl/N-ethyl adjacent to an activating group) is 1. The zero-order chi connectivity index (χ0) is 13.7. The van der Waals surface area contributed by atoms with Gasteiger partial charge in [-0.3, -0.25) is 10.1 Å². The van der Waals surface area contributed by atoms with Gasteiger partial charge in [0, 0.05) is 12.6 Å². The summed E-state index contributed by atoms with van der Waals surface area (Å²) in [6.45, 7) is 4.94. The fraction of sp³-hybridized carbons (Fsp3) is 0.385. The van der Waals surface area contributed by atoms with E-state index in [4.69, 9.17) is 11.6 Å². The van der Waals surface area contributed by atoms with Gasteiger partial charge < -0.3 is 5.32 Å². The molecular formula is C13H17ClN2O2. The van der Waals surface area contributed by atoms with E-state index in [1.165, 1.54) is 11.6 Å². The summed E-state index contributed by atoms with van der Waals surface area (Å²) in [5.41, 5.74) is 1.93. The summed E-state index contributed by atoms with van der Waals surface area (Å²) in [5.74, 6) is 0.382. The van der Waals surface area contributed by atoms with E-state index in [2.05, 4.69) is 19.2 Å². The lowest BCUT2D eigenvalue weighted by Crippen LogP contribution is -2.13. The molecule has 0 spiro atoms. The molecule has 0 aliphatic rings. The molecule has 0 radical (unpaired) electrons. The number of nitrogens with zero attached hydrogens (tertiary/aromatic N) is 1. The third kappa shape index (κ3) is 3.82. The van der Waals surface area contributed by atoms with Gasteiger partial charge in [0.1, 0.15) is 5.02 Å². The van der Waals surface area contributed by atoms with E-state index in [1.54, 1.807) is 12.1 Å². The predicted octanol–water partition coefficient (Wildman–Crippen LogP) is 3.51. The van der Waals surface area contributed by atoms with Gasteiger partial charge in [-0.15, -0.1) is 0 Å². The first-order chi connectivity index (χ1) is 8.45. The van der Waals surface area contributed by atoms with Gasteiger partial charge in [0.2, 0.25) is 0 Å². The minimum absolute atomic E-state index is 0.0574. The van der Waals surface area contributed by atoms with Crippen LogP contribution >= 0.6 is 11.6 Å². The molecule has 1 aromatic carbocycles. The average molecular weight is 269 g/mol. The number of halogens is 1. The number of rotatable bonds is 5. The molecule has 0 aromatic heterocycles. The van der Waals surface area contributed by atoms with E-state index < -0.39 is 4.92 Å². The van der Waals surface area contributed by atoms with Crippen LogP contribution in [0.2, 0.25) is 5.02 Å². The van der Waals surface area contributed by atoms with E-state index in [1.807, 2.05) is 13.1 Å². The molecule has 0 saturated carbocycles. The zero-order valence-electron chi connectivity index (χ0n) is 10.7. The molecule has 1 aromatic rings. The first-order valence-corrected chi connectivity index (χ1v) is 6.12. The highest BCUT2D eigenvalue weighted by atomic mass is 35.5. The quantitative estimate of drug-likeness (QED) is 0.657. The second kappa shape index (κ2) is 6.52. The molecule has 0 bridgehead atoms. The van der Waals surface area contributed by atoms with Gasteiger partial charge in [0.15, 0.2) is 0 Å².